The molecule has 0 spiro atoms. The van der Waals surface area contributed by atoms with Crippen LogP contribution in [0.1, 0.15) is 31.4 Å². The van der Waals surface area contributed by atoms with Gasteiger partial charge < -0.3 is 18.9 Å². The van der Waals surface area contributed by atoms with E-state index in [1.165, 1.54) is 0 Å². The number of ether oxygens (including phenoxy) is 4. The molecule has 29 heavy (non-hydrogen) atoms. The third-order valence-corrected chi connectivity index (χ3v) is 4.84. The fraction of sp³-hybridized carbons (Fsp3) is 0.273. The van der Waals surface area contributed by atoms with Gasteiger partial charge in [-0.2, -0.15) is 0 Å². The minimum Gasteiger partial charge on any atom is -0.497 e. The predicted octanol–water partition coefficient (Wildman–Crippen LogP) is 4.83. The summed E-state index contributed by atoms with van der Waals surface area (Å²) >= 11 is 2.20. The number of aliphatic imine (C=N–C) groups is 1. The van der Waals surface area contributed by atoms with Crippen molar-refractivity contribution in [1.82, 2.24) is 0 Å². The molecule has 7 heteroatoms. The van der Waals surface area contributed by atoms with E-state index in [1.54, 1.807) is 37.5 Å². The van der Waals surface area contributed by atoms with E-state index in [0.29, 0.717) is 30.3 Å². The van der Waals surface area contributed by atoms with E-state index < -0.39 is 5.97 Å². The number of benzene rings is 2. The van der Waals surface area contributed by atoms with Gasteiger partial charge in [0.15, 0.2) is 17.2 Å². The molecule has 0 bridgehead atoms. The summed E-state index contributed by atoms with van der Waals surface area (Å²) in [5, 5.41) is 0. The molecular formula is C22H22INO5. The van der Waals surface area contributed by atoms with Gasteiger partial charge in [-0.25, -0.2) is 9.79 Å². The Morgan fingerprint density at radius 3 is 2.55 bits per heavy atom. The maximum absolute atomic E-state index is 12.3. The highest BCUT2D eigenvalue weighted by atomic mass is 127. The summed E-state index contributed by atoms with van der Waals surface area (Å²) in [5.41, 5.74) is 1.72. The van der Waals surface area contributed by atoms with Crippen LogP contribution in [0.25, 0.3) is 6.08 Å². The Morgan fingerprint density at radius 2 is 1.90 bits per heavy atom. The molecule has 0 fully saturated rings. The number of nitrogens with zero attached hydrogens (tertiary/aromatic N) is 1. The van der Waals surface area contributed by atoms with E-state index in [0.717, 1.165) is 21.3 Å². The summed E-state index contributed by atoms with van der Waals surface area (Å²) in [6, 6.07) is 10.9. The zero-order valence-electron chi connectivity index (χ0n) is 16.5. The van der Waals surface area contributed by atoms with E-state index in [1.807, 2.05) is 19.1 Å². The van der Waals surface area contributed by atoms with E-state index in [9.17, 15) is 4.79 Å². The zero-order valence-corrected chi connectivity index (χ0v) is 18.7. The van der Waals surface area contributed by atoms with Gasteiger partial charge in [0.2, 0.25) is 5.90 Å². The Balaban J connectivity index is 1.91. The number of methoxy groups -OCH3 is 1. The molecule has 2 aromatic carbocycles. The van der Waals surface area contributed by atoms with E-state index in [2.05, 4.69) is 34.5 Å². The summed E-state index contributed by atoms with van der Waals surface area (Å²) in [6.07, 6.45) is 2.59. The van der Waals surface area contributed by atoms with Crippen molar-refractivity contribution in [3.63, 3.8) is 0 Å². The Morgan fingerprint density at radius 1 is 1.14 bits per heavy atom. The van der Waals surface area contributed by atoms with Gasteiger partial charge in [0.25, 0.3) is 0 Å². The van der Waals surface area contributed by atoms with Crippen molar-refractivity contribution >= 4 is 40.5 Å². The van der Waals surface area contributed by atoms with Crippen LogP contribution in [0.3, 0.4) is 0 Å². The van der Waals surface area contributed by atoms with Crippen LogP contribution >= 0.6 is 22.6 Å². The van der Waals surface area contributed by atoms with Gasteiger partial charge in [-0.3, -0.25) is 0 Å². The van der Waals surface area contributed by atoms with Crippen molar-refractivity contribution < 1.29 is 23.7 Å². The molecule has 3 rings (SSSR count). The van der Waals surface area contributed by atoms with Gasteiger partial charge in [-0.15, -0.1) is 0 Å². The van der Waals surface area contributed by atoms with Crippen molar-refractivity contribution in [3.8, 4) is 17.2 Å². The van der Waals surface area contributed by atoms with E-state index >= 15 is 0 Å². The number of carbonyl (C=O) groups excluding carboxylic acids is 1. The van der Waals surface area contributed by atoms with Crippen LogP contribution in [-0.4, -0.2) is 32.2 Å². The summed E-state index contributed by atoms with van der Waals surface area (Å²) in [7, 11) is 1.60. The second-order valence-corrected chi connectivity index (χ2v) is 7.34. The van der Waals surface area contributed by atoms with Gasteiger partial charge in [0.05, 0.1) is 23.9 Å². The third-order valence-electron chi connectivity index (χ3n) is 4.04. The highest BCUT2D eigenvalue weighted by molar-refractivity contribution is 14.1. The molecule has 1 aliphatic heterocycles. The molecule has 152 valence electrons. The molecule has 2 aromatic rings. The van der Waals surface area contributed by atoms with Crippen molar-refractivity contribution in [2.75, 3.05) is 20.3 Å². The third kappa shape index (κ3) is 5.09. The topological polar surface area (TPSA) is 66.3 Å². The summed E-state index contributed by atoms with van der Waals surface area (Å²) in [6.45, 7) is 5.09. The lowest BCUT2D eigenvalue weighted by Gasteiger charge is -2.14. The Kier molecular flexibility index (Phi) is 7.13. The van der Waals surface area contributed by atoms with Gasteiger partial charge in [-0.1, -0.05) is 6.92 Å². The molecule has 0 saturated carbocycles. The Hall–Kier alpha value is -2.55. The second kappa shape index (κ2) is 9.78. The fourth-order valence-electron chi connectivity index (χ4n) is 2.70. The van der Waals surface area contributed by atoms with Crippen molar-refractivity contribution in [2.45, 2.75) is 20.3 Å². The zero-order chi connectivity index (χ0) is 20.8. The molecule has 0 unspecified atom stereocenters. The molecule has 0 saturated heterocycles. The fourth-order valence-corrected chi connectivity index (χ4v) is 3.48. The lowest BCUT2D eigenvalue weighted by atomic mass is 10.1. The van der Waals surface area contributed by atoms with Crippen LogP contribution in [0.2, 0.25) is 0 Å². The van der Waals surface area contributed by atoms with Gasteiger partial charge in [0.1, 0.15) is 5.75 Å². The molecule has 0 atom stereocenters. The van der Waals surface area contributed by atoms with Crippen molar-refractivity contribution in [2.24, 2.45) is 4.99 Å². The van der Waals surface area contributed by atoms with Crippen molar-refractivity contribution in [1.29, 1.82) is 0 Å². The normalized spacial score (nSPS) is 14.6. The van der Waals surface area contributed by atoms with Crippen LogP contribution in [-0.2, 0) is 9.53 Å². The molecule has 1 heterocycles. The summed E-state index contributed by atoms with van der Waals surface area (Å²) < 4.78 is 22.9. The number of hydrogen-bond acceptors (Lipinski definition) is 6. The molecular weight excluding hydrogens is 485 g/mol. The number of cyclic esters (lactones) is 1. The van der Waals surface area contributed by atoms with E-state index in [-0.39, 0.29) is 11.6 Å². The van der Waals surface area contributed by atoms with Gasteiger partial charge in [0, 0.05) is 5.56 Å². The van der Waals surface area contributed by atoms with Gasteiger partial charge in [-0.05, 0) is 84.0 Å². The minimum absolute atomic E-state index is 0.233. The van der Waals surface area contributed by atoms with E-state index in [4.69, 9.17) is 18.9 Å². The summed E-state index contributed by atoms with van der Waals surface area (Å²) in [5.74, 6) is 1.86. The number of hydrogen-bond donors (Lipinski definition) is 0. The summed E-state index contributed by atoms with van der Waals surface area (Å²) in [4.78, 5) is 16.7. The molecule has 0 aromatic heterocycles. The Labute approximate surface area is 183 Å². The first kappa shape index (κ1) is 21.2. The molecule has 0 aliphatic carbocycles. The van der Waals surface area contributed by atoms with Crippen molar-refractivity contribution in [3.05, 3.63) is 56.8 Å². The van der Waals surface area contributed by atoms with Crippen LogP contribution in [0.15, 0.2) is 47.1 Å². The average molecular weight is 507 g/mol. The molecule has 0 radical (unpaired) electrons. The highest BCUT2D eigenvalue weighted by Gasteiger charge is 2.24. The maximum atomic E-state index is 12.3. The first-order valence-corrected chi connectivity index (χ1v) is 10.4. The lowest BCUT2D eigenvalue weighted by Crippen LogP contribution is -2.05. The first-order valence-electron chi connectivity index (χ1n) is 9.31. The quantitative estimate of drug-likeness (QED) is 0.291. The smallest absolute Gasteiger partial charge is 0.363 e. The second-order valence-electron chi connectivity index (χ2n) is 6.18. The minimum atomic E-state index is -0.491. The highest BCUT2D eigenvalue weighted by Crippen LogP contribution is 2.35. The Bertz CT molecular complexity index is 950. The molecule has 1 aliphatic rings. The van der Waals surface area contributed by atoms with Gasteiger partial charge >= 0.3 is 5.97 Å². The predicted molar refractivity (Wildman–Crippen MR) is 120 cm³/mol. The maximum Gasteiger partial charge on any atom is 0.363 e. The molecule has 0 amide bonds. The van der Waals surface area contributed by atoms with Crippen LogP contribution in [0, 0.1) is 3.57 Å². The molecule has 0 N–H and O–H groups in total. The number of halogens is 1. The standard InChI is InChI=1S/C22H22INO5/c1-4-10-28-20-17(23)11-14(13-19(20)27-5-2)12-18-22(25)29-21(24-18)15-6-8-16(26-3)9-7-15/h6-9,11-13H,4-5,10H2,1-3H3. The van der Waals surface area contributed by atoms with Crippen LogP contribution in [0.4, 0.5) is 0 Å². The SMILES string of the molecule is CCCOc1c(I)cc(C=C2N=C(c3ccc(OC)cc3)OC2=O)cc1OCC. The lowest BCUT2D eigenvalue weighted by molar-refractivity contribution is -0.129. The average Bonchev–Trinajstić information content (AvgIpc) is 3.08. The van der Waals surface area contributed by atoms with Crippen LogP contribution in [0.5, 0.6) is 17.2 Å². The van der Waals surface area contributed by atoms with Crippen LogP contribution < -0.4 is 14.2 Å². The first-order chi connectivity index (χ1) is 14.0. The number of esters is 1. The largest absolute Gasteiger partial charge is 0.497 e. The molecule has 6 nitrogen and oxygen atoms in total. The number of rotatable bonds is 8. The number of carbonyl (C=O) groups is 1. The monoisotopic (exact) mass is 507 g/mol.